The van der Waals surface area contributed by atoms with Crippen LogP contribution in [0.2, 0.25) is 0 Å². The van der Waals surface area contributed by atoms with Gasteiger partial charge in [-0.2, -0.15) is 0 Å². The molecule has 6 heteroatoms. The zero-order valence-electron chi connectivity index (χ0n) is 11.2. The maximum Gasteiger partial charge on any atom is 0.307 e. The van der Waals surface area contributed by atoms with Crippen LogP contribution in [0.4, 0.5) is 5.69 Å². The van der Waals surface area contributed by atoms with Gasteiger partial charge in [-0.25, -0.2) is 0 Å². The van der Waals surface area contributed by atoms with Crippen molar-refractivity contribution >= 4 is 40.7 Å². The second kappa shape index (κ2) is 7.85. The number of nitrogens with one attached hydrogen (secondary N) is 1. The standard InChI is InChI=1S/C15H15NO3S2/c17-14(10-20-9-13-2-1-7-21-13)16-12-5-3-11(4-6-12)8-15(18)19/h1-7H,8-10H2,(H,16,17)(H,18,19). The van der Waals surface area contributed by atoms with Crippen molar-refractivity contribution in [1.82, 2.24) is 0 Å². The van der Waals surface area contributed by atoms with Crippen LogP contribution in [0.25, 0.3) is 0 Å². The van der Waals surface area contributed by atoms with Crippen molar-refractivity contribution in [2.45, 2.75) is 12.2 Å². The first kappa shape index (κ1) is 15.6. The summed E-state index contributed by atoms with van der Waals surface area (Å²) in [6.45, 7) is 0. The Kier molecular flexibility index (Phi) is 5.83. The number of amides is 1. The highest BCUT2D eigenvalue weighted by molar-refractivity contribution is 7.99. The number of carboxylic acid groups (broad SMARTS) is 1. The zero-order chi connectivity index (χ0) is 15.1. The van der Waals surface area contributed by atoms with Crippen molar-refractivity contribution in [3.63, 3.8) is 0 Å². The molecule has 0 unspecified atom stereocenters. The Bertz CT molecular complexity index is 594. The lowest BCUT2D eigenvalue weighted by Gasteiger charge is -2.05. The fraction of sp³-hybridized carbons (Fsp3) is 0.200. The molecule has 4 nitrogen and oxygen atoms in total. The number of hydrogen-bond donors (Lipinski definition) is 2. The molecule has 0 saturated carbocycles. The Hall–Kier alpha value is -1.79. The fourth-order valence-corrected chi connectivity index (χ4v) is 3.38. The summed E-state index contributed by atoms with van der Waals surface area (Å²) in [6, 6.07) is 10.9. The Balaban J connectivity index is 1.75. The molecule has 2 N–H and O–H groups in total. The number of benzene rings is 1. The zero-order valence-corrected chi connectivity index (χ0v) is 12.9. The molecule has 110 valence electrons. The third-order valence-corrected chi connectivity index (χ3v) is 4.69. The Morgan fingerprint density at radius 3 is 2.57 bits per heavy atom. The third kappa shape index (κ3) is 5.61. The fourth-order valence-electron chi connectivity index (χ4n) is 1.72. The van der Waals surface area contributed by atoms with Gasteiger partial charge in [-0.3, -0.25) is 9.59 Å². The number of hydrogen-bond acceptors (Lipinski definition) is 4. The van der Waals surface area contributed by atoms with Crippen molar-refractivity contribution in [2.75, 3.05) is 11.1 Å². The molecule has 1 aromatic carbocycles. The van der Waals surface area contributed by atoms with Crippen molar-refractivity contribution in [3.8, 4) is 0 Å². The minimum Gasteiger partial charge on any atom is -0.481 e. The topological polar surface area (TPSA) is 66.4 Å². The van der Waals surface area contributed by atoms with E-state index in [1.54, 1.807) is 47.4 Å². The van der Waals surface area contributed by atoms with E-state index in [0.29, 0.717) is 17.0 Å². The average molecular weight is 321 g/mol. The monoisotopic (exact) mass is 321 g/mol. The van der Waals surface area contributed by atoms with Gasteiger partial charge in [-0.15, -0.1) is 23.1 Å². The molecule has 1 aromatic heterocycles. The van der Waals surface area contributed by atoms with Crippen molar-refractivity contribution in [3.05, 3.63) is 52.2 Å². The maximum absolute atomic E-state index is 11.8. The number of carbonyl (C=O) groups is 2. The lowest BCUT2D eigenvalue weighted by molar-refractivity contribution is -0.136. The van der Waals surface area contributed by atoms with E-state index < -0.39 is 5.97 Å². The SMILES string of the molecule is O=C(O)Cc1ccc(NC(=O)CSCc2cccs2)cc1. The quantitative estimate of drug-likeness (QED) is 0.821. The number of rotatable bonds is 7. The van der Waals surface area contributed by atoms with E-state index in [1.807, 2.05) is 11.4 Å². The van der Waals surface area contributed by atoms with Crippen LogP contribution >= 0.6 is 23.1 Å². The van der Waals surface area contributed by atoms with Crippen molar-refractivity contribution in [1.29, 1.82) is 0 Å². The van der Waals surface area contributed by atoms with E-state index >= 15 is 0 Å². The minimum absolute atomic E-state index is 0.00904. The van der Waals surface area contributed by atoms with Gasteiger partial charge in [-0.05, 0) is 29.1 Å². The van der Waals surface area contributed by atoms with Crippen LogP contribution in [0.3, 0.4) is 0 Å². The molecule has 0 bridgehead atoms. The maximum atomic E-state index is 11.8. The predicted molar refractivity (Wildman–Crippen MR) is 86.9 cm³/mol. The number of aliphatic carboxylic acids is 1. The summed E-state index contributed by atoms with van der Waals surface area (Å²) >= 11 is 3.26. The molecule has 0 aliphatic heterocycles. The van der Waals surface area contributed by atoms with Gasteiger partial charge in [0.05, 0.1) is 12.2 Å². The van der Waals surface area contributed by atoms with E-state index in [1.165, 1.54) is 4.88 Å². The summed E-state index contributed by atoms with van der Waals surface area (Å²) < 4.78 is 0. The second-order valence-corrected chi connectivity index (χ2v) is 6.41. The molecular weight excluding hydrogens is 306 g/mol. The third-order valence-electron chi connectivity index (χ3n) is 2.65. The minimum atomic E-state index is -0.864. The molecular formula is C15H15NO3S2. The molecule has 1 heterocycles. The molecule has 0 radical (unpaired) electrons. The highest BCUT2D eigenvalue weighted by Gasteiger charge is 2.05. The summed E-state index contributed by atoms with van der Waals surface area (Å²) in [4.78, 5) is 23.6. The van der Waals surface area contributed by atoms with Crippen LogP contribution in [-0.4, -0.2) is 22.7 Å². The summed E-state index contributed by atoms with van der Waals surface area (Å²) in [5.41, 5.74) is 1.40. The first-order valence-corrected chi connectivity index (χ1v) is 8.37. The Morgan fingerprint density at radius 1 is 1.19 bits per heavy atom. The lowest BCUT2D eigenvalue weighted by Crippen LogP contribution is -2.14. The van der Waals surface area contributed by atoms with Crippen LogP contribution in [0.15, 0.2) is 41.8 Å². The van der Waals surface area contributed by atoms with Gasteiger partial charge < -0.3 is 10.4 Å². The van der Waals surface area contributed by atoms with Crippen LogP contribution in [-0.2, 0) is 21.8 Å². The number of anilines is 1. The largest absolute Gasteiger partial charge is 0.481 e. The smallest absolute Gasteiger partial charge is 0.307 e. The van der Waals surface area contributed by atoms with E-state index in [4.69, 9.17) is 5.11 Å². The number of thiophene rings is 1. The number of thioether (sulfide) groups is 1. The van der Waals surface area contributed by atoms with E-state index in [9.17, 15) is 9.59 Å². The van der Waals surface area contributed by atoms with Crippen LogP contribution in [0.1, 0.15) is 10.4 Å². The molecule has 0 saturated heterocycles. The van der Waals surface area contributed by atoms with Gasteiger partial charge in [0, 0.05) is 16.3 Å². The molecule has 1 amide bonds. The first-order valence-electron chi connectivity index (χ1n) is 6.34. The molecule has 0 spiro atoms. The van der Waals surface area contributed by atoms with Gasteiger partial charge in [0.1, 0.15) is 0 Å². The molecule has 21 heavy (non-hydrogen) atoms. The Morgan fingerprint density at radius 2 is 1.95 bits per heavy atom. The van der Waals surface area contributed by atoms with Gasteiger partial charge >= 0.3 is 5.97 Å². The van der Waals surface area contributed by atoms with Crippen LogP contribution < -0.4 is 5.32 Å². The molecule has 0 aliphatic carbocycles. The van der Waals surface area contributed by atoms with Crippen LogP contribution in [0.5, 0.6) is 0 Å². The number of carboxylic acids is 1. The van der Waals surface area contributed by atoms with E-state index in [2.05, 4.69) is 11.4 Å². The molecule has 2 rings (SSSR count). The van der Waals surface area contributed by atoms with Crippen molar-refractivity contribution in [2.24, 2.45) is 0 Å². The normalized spacial score (nSPS) is 10.3. The molecule has 0 atom stereocenters. The van der Waals surface area contributed by atoms with Gasteiger partial charge in [-0.1, -0.05) is 18.2 Å². The van der Waals surface area contributed by atoms with Gasteiger partial charge in [0.2, 0.25) is 5.91 Å². The molecule has 2 aromatic rings. The summed E-state index contributed by atoms with van der Waals surface area (Å²) in [5, 5.41) is 13.5. The Labute approximate surface area is 131 Å². The van der Waals surface area contributed by atoms with Gasteiger partial charge in [0.15, 0.2) is 0 Å². The summed E-state index contributed by atoms with van der Waals surface area (Å²) in [7, 11) is 0. The van der Waals surface area contributed by atoms with Crippen molar-refractivity contribution < 1.29 is 14.7 Å². The summed E-state index contributed by atoms with van der Waals surface area (Å²) in [5.74, 6) is 0.316. The molecule has 0 fully saturated rings. The van der Waals surface area contributed by atoms with E-state index in [0.717, 1.165) is 5.75 Å². The van der Waals surface area contributed by atoms with Gasteiger partial charge in [0.25, 0.3) is 0 Å². The lowest BCUT2D eigenvalue weighted by atomic mass is 10.1. The second-order valence-electron chi connectivity index (χ2n) is 4.39. The summed E-state index contributed by atoms with van der Waals surface area (Å²) in [6.07, 6.45) is -0.00904. The average Bonchev–Trinajstić information content (AvgIpc) is 2.93. The first-order chi connectivity index (χ1) is 10.1. The molecule has 0 aliphatic rings. The number of carbonyl (C=O) groups excluding carboxylic acids is 1. The highest BCUT2D eigenvalue weighted by Crippen LogP contribution is 2.17. The van der Waals surface area contributed by atoms with Crippen LogP contribution in [0, 0.1) is 0 Å². The highest BCUT2D eigenvalue weighted by atomic mass is 32.2. The predicted octanol–water partition coefficient (Wildman–Crippen LogP) is 3.25. The van der Waals surface area contributed by atoms with E-state index in [-0.39, 0.29) is 12.3 Å².